The number of rotatable bonds is 5. The lowest BCUT2D eigenvalue weighted by atomic mass is 10.3. The molecule has 0 spiro atoms. The van der Waals surface area contributed by atoms with Crippen LogP contribution < -0.4 is 0 Å². The first-order valence-electron chi connectivity index (χ1n) is 6.55. The molecule has 3 nitrogen and oxygen atoms in total. The zero-order valence-corrected chi connectivity index (χ0v) is 14.6. The number of aryl methyl sites for hydroxylation is 1. The highest BCUT2D eigenvalue weighted by molar-refractivity contribution is 9.11. The van der Waals surface area contributed by atoms with E-state index in [4.69, 9.17) is 0 Å². The van der Waals surface area contributed by atoms with Crippen molar-refractivity contribution in [1.82, 2.24) is 9.55 Å². The molecule has 3 rings (SSSR count). The number of hydrogen-bond acceptors (Lipinski definition) is 4. The van der Waals surface area contributed by atoms with Crippen LogP contribution in [0.1, 0.15) is 16.6 Å². The fourth-order valence-corrected chi connectivity index (χ4v) is 4.51. The molecule has 3 aromatic rings. The van der Waals surface area contributed by atoms with Gasteiger partial charge in [-0.05, 0) is 47.1 Å². The number of halogens is 1. The van der Waals surface area contributed by atoms with E-state index in [1.807, 2.05) is 30.3 Å². The Morgan fingerprint density at radius 1 is 1.33 bits per heavy atom. The molecule has 108 valence electrons. The maximum absolute atomic E-state index is 12.2. The Hall–Kier alpha value is -1.11. The van der Waals surface area contributed by atoms with Crippen molar-refractivity contribution in [3.05, 3.63) is 45.1 Å². The zero-order chi connectivity index (χ0) is 14.8. The van der Waals surface area contributed by atoms with Crippen LogP contribution in [-0.2, 0) is 6.54 Å². The van der Waals surface area contributed by atoms with Crippen molar-refractivity contribution in [2.24, 2.45) is 0 Å². The maximum atomic E-state index is 12.2. The Balaban J connectivity index is 1.80. The van der Waals surface area contributed by atoms with E-state index < -0.39 is 0 Å². The van der Waals surface area contributed by atoms with Gasteiger partial charge in [0.2, 0.25) is 0 Å². The number of thioether (sulfide) groups is 1. The van der Waals surface area contributed by atoms with Crippen LogP contribution >= 0.6 is 39.0 Å². The molecule has 0 N–H and O–H groups in total. The Morgan fingerprint density at radius 3 is 2.86 bits per heavy atom. The predicted octanol–water partition coefficient (Wildman–Crippen LogP) is 4.86. The van der Waals surface area contributed by atoms with Gasteiger partial charge < -0.3 is 4.57 Å². The Labute approximate surface area is 139 Å². The van der Waals surface area contributed by atoms with Gasteiger partial charge in [-0.2, -0.15) is 0 Å². The van der Waals surface area contributed by atoms with Crippen LogP contribution in [-0.4, -0.2) is 21.1 Å². The number of thiophene rings is 1. The third-order valence-electron chi connectivity index (χ3n) is 3.12. The molecular formula is C15H13BrN2OS2. The minimum atomic E-state index is 0.144. The summed E-state index contributed by atoms with van der Waals surface area (Å²) in [7, 11) is 0. The Kier molecular flexibility index (Phi) is 4.47. The standard InChI is InChI=1S/C15H13BrN2OS2/c1-2-18-11-6-4-3-5-10(11)17-15(18)20-9-12(19)13-7-8-14(16)21-13/h3-8H,2,9H2,1H3. The highest BCUT2D eigenvalue weighted by atomic mass is 79.9. The summed E-state index contributed by atoms with van der Waals surface area (Å²) in [5.41, 5.74) is 2.10. The van der Waals surface area contributed by atoms with Crippen molar-refractivity contribution in [1.29, 1.82) is 0 Å². The second-order valence-corrected chi connectivity index (χ2v) is 7.85. The summed E-state index contributed by atoms with van der Waals surface area (Å²) in [4.78, 5) is 17.6. The first-order valence-corrected chi connectivity index (χ1v) is 9.15. The molecule has 0 amide bonds. The van der Waals surface area contributed by atoms with Gasteiger partial charge in [0.05, 0.1) is 25.4 Å². The van der Waals surface area contributed by atoms with Crippen molar-refractivity contribution in [3.63, 3.8) is 0 Å². The van der Waals surface area contributed by atoms with Crippen molar-refractivity contribution in [2.75, 3.05) is 5.75 Å². The minimum absolute atomic E-state index is 0.144. The van der Waals surface area contributed by atoms with Crippen molar-refractivity contribution < 1.29 is 4.79 Å². The van der Waals surface area contributed by atoms with E-state index in [-0.39, 0.29) is 5.78 Å². The number of hydrogen-bond donors (Lipinski definition) is 0. The third kappa shape index (κ3) is 3.07. The topological polar surface area (TPSA) is 34.9 Å². The van der Waals surface area contributed by atoms with E-state index in [1.165, 1.54) is 23.1 Å². The van der Waals surface area contributed by atoms with E-state index in [9.17, 15) is 4.79 Å². The Morgan fingerprint density at radius 2 is 2.14 bits per heavy atom. The van der Waals surface area contributed by atoms with E-state index >= 15 is 0 Å². The second kappa shape index (κ2) is 6.34. The molecule has 0 fully saturated rings. The van der Waals surface area contributed by atoms with Crippen molar-refractivity contribution >= 4 is 55.8 Å². The lowest BCUT2D eigenvalue weighted by Crippen LogP contribution is -2.02. The molecule has 0 aliphatic heterocycles. The highest BCUT2D eigenvalue weighted by Crippen LogP contribution is 2.27. The summed E-state index contributed by atoms with van der Waals surface area (Å²) in [5.74, 6) is 0.557. The third-order valence-corrected chi connectivity index (χ3v) is 5.76. The monoisotopic (exact) mass is 380 g/mol. The first kappa shape index (κ1) is 14.8. The van der Waals surface area contributed by atoms with Gasteiger partial charge in [-0.1, -0.05) is 23.9 Å². The number of imidazole rings is 1. The quantitative estimate of drug-likeness (QED) is 0.468. The van der Waals surface area contributed by atoms with Gasteiger partial charge in [0.25, 0.3) is 0 Å². The molecular weight excluding hydrogens is 368 g/mol. The SMILES string of the molecule is CCn1c(SCC(=O)c2ccc(Br)s2)nc2ccccc21. The van der Waals surface area contributed by atoms with Gasteiger partial charge in [0.15, 0.2) is 10.9 Å². The molecule has 0 unspecified atom stereocenters. The van der Waals surface area contributed by atoms with Crippen LogP contribution in [0.25, 0.3) is 11.0 Å². The number of carbonyl (C=O) groups excluding carboxylic acids is 1. The van der Waals surface area contributed by atoms with Gasteiger partial charge in [0, 0.05) is 6.54 Å². The maximum Gasteiger partial charge on any atom is 0.183 e. The largest absolute Gasteiger partial charge is 0.319 e. The molecule has 0 aliphatic rings. The molecule has 0 saturated carbocycles. The zero-order valence-electron chi connectivity index (χ0n) is 11.4. The summed E-state index contributed by atoms with van der Waals surface area (Å²) in [6.07, 6.45) is 0. The van der Waals surface area contributed by atoms with Gasteiger partial charge in [-0.3, -0.25) is 4.79 Å². The van der Waals surface area contributed by atoms with Crippen LogP contribution in [0.2, 0.25) is 0 Å². The molecule has 21 heavy (non-hydrogen) atoms. The lowest BCUT2D eigenvalue weighted by molar-refractivity contribution is 0.102. The second-order valence-electron chi connectivity index (χ2n) is 4.44. The smallest absolute Gasteiger partial charge is 0.183 e. The number of fused-ring (bicyclic) bond motifs is 1. The number of aromatic nitrogens is 2. The molecule has 2 heterocycles. The molecule has 0 atom stereocenters. The van der Waals surface area contributed by atoms with Gasteiger partial charge in [0.1, 0.15) is 0 Å². The summed E-state index contributed by atoms with van der Waals surface area (Å²) < 4.78 is 3.13. The molecule has 6 heteroatoms. The van der Waals surface area contributed by atoms with Crippen LogP contribution in [0, 0.1) is 0 Å². The summed E-state index contributed by atoms with van der Waals surface area (Å²) in [5, 5.41) is 0.905. The number of benzene rings is 1. The fraction of sp³-hybridized carbons (Fsp3) is 0.200. The van der Waals surface area contributed by atoms with Crippen LogP contribution in [0.4, 0.5) is 0 Å². The van der Waals surface area contributed by atoms with Crippen LogP contribution in [0.15, 0.2) is 45.3 Å². The predicted molar refractivity (Wildman–Crippen MR) is 92.5 cm³/mol. The van der Waals surface area contributed by atoms with E-state index in [2.05, 4.69) is 38.5 Å². The van der Waals surface area contributed by atoms with Gasteiger partial charge >= 0.3 is 0 Å². The average molecular weight is 381 g/mol. The summed E-state index contributed by atoms with van der Waals surface area (Å²) in [6.45, 7) is 2.94. The molecule has 0 saturated heterocycles. The number of carbonyl (C=O) groups is 1. The summed E-state index contributed by atoms with van der Waals surface area (Å²) >= 11 is 6.36. The summed E-state index contributed by atoms with van der Waals surface area (Å²) in [6, 6.07) is 11.8. The van der Waals surface area contributed by atoms with Crippen molar-refractivity contribution in [2.45, 2.75) is 18.6 Å². The van der Waals surface area contributed by atoms with Gasteiger partial charge in [-0.25, -0.2) is 4.98 Å². The number of Topliss-reactive ketones (excluding diaryl/α,β-unsaturated/α-hetero) is 1. The molecule has 2 aromatic heterocycles. The average Bonchev–Trinajstić information content (AvgIpc) is 3.07. The molecule has 1 aromatic carbocycles. The van der Waals surface area contributed by atoms with Crippen LogP contribution in [0.5, 0.6) is 0 Å². The minimum Gasteiger partial charge on any atom is -0.319 e. The molecule has 0 bridgehead atoms. The molecule has 0 radical (unpaired) electrons. The van der Waals surface area contributed by atoms with E-state index in [1.54, 1.807) is 0 Å². The lowest BCUT2D eigenvalue weighted by Gasteiger charge is -2.04. The highest BCUT2D eigenvalue weighted by Gasteiger charge is 2.13. The number of para-hydroxylation sites is 2. The number of ketones is 1. The fourth-order valence-electron chi connectivity index (χ4n) is 2.13. The Bertz CT molecular complexity index is 794. The van der Waals surface area contributed by atoms with E-state index in [0.29, 0.717) is 5.75 Å². The van der Waals surface area contributed by atoms with Gasteiger partial charge in [-0.15, -0.1) is 11.3 Å². The normalized spacial score (nSPS) is 11.1. The van der Waals surface area contributed by atoms with E-state index in [0.717, 1.165) is 31.4 Å². The molecule has 0 aliphatic carbocycles. The van der Waals surface area contributed by atoms with Crippen LogP contribution in [0.3, 0.4) is 0 Å². The first-order chi connectivity index (χ1) is 10.2. The number of nitrogens with zero attached hydrogens (tertiary/aromatic N) is 2. The van der Waals surface area contributed by atoms with Crippen molar-refractivity contribution in [3.8, 4) is 0 Å².